The third-order valence-corrected chi connectivity index (χ3v) is 4.28. The van der Waals surface area contributed by atoms with Crippen LogP contribution in [0.3, 0.4) is 0 Å². The first-order chi connectivity index (χ1) is 10.6. The molecular formula is C16H19ClFN3O. The van der Waals surface area contributed by atoms with Gasteiger partial charge in [-0.05, 0) is 18.6 Å². The van der Waals surface area contributed by atoms with Crippen molar-refractivity contribution in [3.05, 3.63) is 40.8 Å². The Kier molecular flexibility index (Phi) is 4.36. The van der Waals surface area contributed by atoms with Crippen molar-refractivity contribution in [1.29, 1.82) is 0 Å². The number of hydrogen-bond donors (Lipinski definition) is 1. The maximum Gasteiger partial charge on any atom is 0.148 e. The van der Waals surface area contributed by atoms with Gasteiger partial charge in [-0.3, -0.25) is 5.43 Å². The zero-order valence-corrected chi connectivity index (χ0v) is 13.3. The summed E-state index contributed by atoms with van der Waals surface area (Å²) in [6, 6.07) is 3.31. The van der Waals surface area contributed by atoms with Gasteiger partial charge in [-0.15, -0.1) is 0 Å². The first kappa shape index (κ1) is 15.3. The van der Waals surface area contributed by atoms with Crippen molar-refractivity contribution >= 4 is 23.0 Å². The Morgan fingerprint density at radius 1 is 1.41 bits per heavy atom. The molecule has 22 heavy (non-hydrogen) atoms. The predicted molar refractivity (Wildman–Crippen MR) is 87.0 cm³/mol. The van der Waals surface area contributed by atoms with Crippen LogP contribution in [0.2, 0.25) is 5.02 Å². The fourth-order valence-corrected chi connectivity index (χ4v) is 3.24. The summed E-state index contributed by atoms with van der Waals surface area (Å²) in [5.41, 5.74) is 5.72. The second-order valence-electron chi connectivity index (χ2n) is 5.71. The van der Waals surface area contributed by atoms with Crippen molar-refractivity contribution in [3.63, 3.8) is 0 Å². The number of nitrogens with zero attached hydrogens (tertiary/aromatic N) is 2. The third-order valence-electron chi connectivity index (χ3n) is 3.99. The molecule has 0 bridgehead atoms. The van der Waals surface area contributed by atoms with E-state index in [-0.39, 0.29) is 11.7 Å². The topological polar surface area (TPSA) is 36.9 Å². The molecule has 2 aliphatic heterocycles. The molecule has 1 atom stereocenters. The van der Waals surface area contributed by atoms with Crippen molar-refractivity contribution in [2.24, 2.45) is 11.0 Å². The standard InChI is InChI=1S/C16H19ClFN3O/c1-10-7-11(2)19-20-15(10)12-8-13(17)16(14(18)9-12)21-3-5-22-6-4-21/h8-10,19H,2-7H2,1H3/t10-/m1/s1. The molecule has 0 radical (unpaired) electrons. The monoisotopic (exact) mass is 323 g/mol. The molecule has 1 N–H and O–H groups in total. The number of hydrazone groups is 1. The van der Waals surface area contributed by atoms with E-state index in [0.717, 1.165) is 17.8 Å². The summed E-state index contributed by atoms with van der Waals surface area (Å²) in [5.74, 6) is -0.137. The molecule has 2 heterocycles. The SMILES string of the molecule is C=C1C[C@@H](C)C(c2cc(F)c(N3CCOCC3)c(Cl)c2)=NN1. The van der Waals surface area contributed by atoms with Gasteiger partial charge in [-0.25, -0.2) is 4.39 Å². The quantitative estimate of drug-likeness (QED) is 0.908. The summed E-state index contributed by atoms with van der Waals surface area (Å²) in [6.07, 6.45) is 0.781. The van der Waals surface area contributed by atoms with Gasteiger partial charge in [0.05, 0.1) is 29.6 Å². The molecule has 118 valence electrons. The van der Waals surface area contributed by atoms with Crippen LogP contribution in [0.1, 0.15) is 18.9 Å². The molecule has 1 saturated heterocycles. The van der Waals surface area contributed by atoms with Crippen molar-refractivity contribution in [3.8, 4) is 0 Å². The van der Waals surface area contributed by atoms with E-state index in [4.69, 9.17) is 16.3 Å². The Morgan fingerprint density at radius 2 is 2.14 bits per heavy atom. The minimum Gasteiger partial charge on any atom is -0.378 e. The smallest absolute Gasteiger partial charge is 0.148 e. The zero-order valence-electron chi connectivity index (χ0n) is 12.5. The van der Waals surface area contributed by atoms with Crippen LogP contribution in [0, 0.1) is 11.7 Å². The molecule has 0 amide bonds. The Balaban J connectivity index is 1.94. The molecule has 4 nitrogen and oxygen atoms in total. The van der Waals surface area contributed by atoms with Gasteiger partial charge in [0.1, 0.15) is 5.82 Å². The van der Waals surface area contributed by atoms with Gasteiger partial charge in [0.15, 0.2) is 0 Å². The van der Waals surface area contributed by atoms with Crippen molar-refractivity contribution in [2.45, 2.75) is 13.3 Å². The lowest BCUT2D eigenvalue weighted by molar-refractivity contribution is 0.122. The number of morpholine rings is 1. The first-order valence-electron chi connectivity index (χ1n) is 7.39. The summed E-state index contributed by atoms with van der Waals surface area (Å²) in [6.45, 7) is 8.39. The van der Waals surface area contributed by atoms with Crippen molar-refractivity contribution in [1.82, 2.24) is 5.43 Å². The molecule has 3 rings (SSSR count). The molecule has 0 unspecified atom stereocenters. The number of ether oxygens (including phenoxy) is 1. The van der Waals surface area contributed by atoms with Crippen LogP contribution in [0.25, 0.3) is 0 Å². The van der Waals surface area contributed by atoms with E-state index in [1.165, 1.54) is 6.07 Å². The summed E-state index contributed by atoms with van der Waals surface area (Å²) in [5, 5.41) is 4.71. The highest BCUT2D eigenvalue weighted by atomic mass is 35.5. The van der Waals surface area contributed by atoms with Crippen molar-refractivity contribution < 1.29 is 9.13 Å². The molecule has 1 aromatic rings. The summed E-state index contributed by atoms with van der Waals surface area (Å²) in [4.78, 5) is 1.93. The maximum atomic E-state index is 14.6. The van der Waals surface area contributed by atoms with Crippen LogP contribution in [0.15, 0.2) is 29.5 Å². The number of halogens is 2. The van der Waals surface area contributed by atoms with Gasteiger partial charge in [-0.2, -0.15) is 5.10 Å². The molecule has 1 aromatic carbocycles. The van der Waals surface area contributed by atoms with Crippen LogP contribution < -0.4 is 10.3 Å². The Labute approximate surface area is 134 Å². The van der Waals surface area contributed by atoms with E-state index < -0.39 is 0 Å². The number of rotatable bonds is 2. The normalized spacial score (nSPS) is 22.3. The van der Waals surface area contributed by atoms with Gasteiger partial charge < -0.3 is 9.64 Å². The Bertz CT molecular complexity index is 603. The van der Waals surface area contributed by atoms with E-state index in [1.807, 2.05) is 11.8 Å². The van der Waals surface area contributed by atoms with Crippen LogP contribution in [0.5, 0.6) is 0 Å². The molecule has 1 fully saturated rings. The summed E-state index contributed by atoms with van der Waals surface area (Å²) in [7, 11) is 0. The van der Waals surface area contributed by atoms with E-state index in [9.17, 15) is 4.39 Å². The molecular weight excluding hydrogens is 305 g/mol. The van der Waals surface area contributed by atoms with Gasteiger partial charge in [0.25, 0.3) is 0 Å². The van der Waals surface area contributed by atoms with Gasteiger partial charge in [-0.1, -0.05) is 25.1 Å². The number of nitrogens with one attached hydrogen (secondary N) is 1. The fourth-order valence-electron chi connectivity index (χ4n) is 2.91. The average molecular weight is 324 g/mol. The number of hydrogen-bond acceptors (Lipinski definition) is 4. The van der Waals surface area contributed by atoms with E-state index >= 15 is 0 Å². The number of anilines is 1. The lowest BCUT2D eigenvalue weighted by atomic mass is 9.93. The zero-order chi connectivity index (χ0) is 15.7. The second kappa shape index (κ2) is 6.26. The lowest BCUT2D eigenvalue weighted by Crippen LogP contribution is -2.37. The molecule has 6 heteroatoms. The minimum absolute atomic E-state index is 0.179. The third kappa shape index (κ3) is 2.96. The van der Waals surface area contributed by atoms with Crippen LogP contribution in [-0.4, -0.2) is 32.0 Å². The van der Waals surface area contributed by atoms with Crippen LogP contribution >= 0.6 is 11.6 Å². The molecule has 0 saturated carbocycles. The fraction of sp³-hybridized carbons (Fsp3) is 0.438. The largest absolute Gasteiger partial charge is 0.378 e. The molecule has 2 aliphatic rings. The van der Waals surface area contributed by atoms with E-state index in [1.54, 1.807) is 6.07 Å². The second-order valence-corrected chi connectivity index (χ2v) is 6.11. The molecule has 0 aromatic heterocycles. The summed E-state index contributed by atoms with van der Waals surface area (Å²) >= 11 is 6.35. The van der Waals surface area contributed by atoms with Gasteiger partial charge >= 0.3 is 0 Å². The highest BCUT2D eigenvalue weighted by molar-refractivity contribution is 6.33. The minimum atomic E-state index is -0.316. The van der Waals surface area contributed by atoms with Gasteiger partial charge in [0, 0.05) is 30.3 Å². The highest BCUT2D eigenvalue weighted by Gasteiger charge is 2.23. The highest BCUT2D eigenvalue weighted by Crippen LogP contribution is 2.32. The maximum absolute atomic E-state index is 14.6. The number of benzene rings is 1. The average Bonchev–Trinajstić information content (AvgIpc) is 2.47. The first-order valence-corrected chi connectivity index (χ1v) is 7.77. The van der Waals surface area contributed by atoms with Crippen LogP contribution in [0.4, 0.5) is 10.1 Å². The molecule has 0 spiro atoms. The van der Waals surface area contributed by atoms with Crippen molar-refractivity contribution in [2.75, 3.05) is 31.2 Å². The lowest BCUT2D eigenvalue weighted by Gasteiger charge is -2.30. The van der Waals surface area contributed by atoms with Gasteiger partial charge in [0.2, 0.25) is 0 Å². The number of allylic oxidation sites excluding steroid dienone is 1. The molecule has 0 aliphatic carbocycles. The Morgan fingerprint density at radius 3 is 2.77 bits per heavy atom. The van der Waals surface area contributed by atoms with E-state index in [0.29, 0.717) is 42.6 Å². The van der Waals surface area contributed by atoms with Crippen LogP contribution in [-0.2, 0) is 4.74 Å². The summed E-state index contributed by atoms with van der Waals surface area (Å²) < 4.78 is 19.9. The predicted octanol–water partition coefficient (Wildman–Crippen LogP) is 3.16. The van der Waals surface area contributed by atoms with E-state index in [2.05, 4.69) is 17.1 Å². The Hall–Kier alpha value is -1.59.